The first kappa shape index (κ1) is 88.8. The molecule has 111 heavy (non-hydrogen) atoms. The topological polar surface area (TPSA) is 581 Å². The van der Waals surface area contributed by atoms with Crippen LogP contribution in [0.15, 0.2) is 67.3 Å². The highest BCUT2D eigenvalue weighted by atomic mass is 32.2. The molecule has 3 heterocycles. The van der Waals surface area contributed by atoms with Crippen LogP contribution in [-0.2, 0) is 84.8 Å². The lowest BCUT2D eigenvalue weighted by atomic mass is 9.88. The first-order valence-electron chi connectivity index (χ1n) is 36.3. The van der Waals surface area contributed by atoms with Crippen molar-refractivity contribution in [3.8, 4) is 0 Å². The second-order valence-electron chi connectivity index (χ2n) is 28.5. The van der Waals surface area contributed by atoms with E-state index in [0.29, 0.717) is 53.6 Å². The number of nitrogens with one attached hydrogen (secondary N) is 12. The molecule has 1 saturated heterocycles. The molecule has 1 saturated carbocycles. The number of nitrogens with zero attached hydrogens (tertiary/aromatic N) is 4. The highest BCUT2D eigenvalue weighted by Gasteiger charge is 2.50. The number of carbonyl (C=O) groups is 16. The van der Waals surface area contributed by atoms with Crippen molar-refractivity contribution in [3.05, 3.63) is 84.1 Å². The smallest absolute Gasteiger partial charge is 0.317 e. The fraction of sp³-hybridized carbons (Fsp3) is 0.542. The zero-order chi connectivity index (χ0) is 81.8. The van der Waals surface area contributed by atoms with E-state index in [0.717, 1.165) is 4.90 Å². The summed E-state index contributed by atoms with van der Waals surface area (Å²) in [4.78, 5) is 227. The Labute approximate surface area is 643 Å². The molecule has 2 aromatic carbocycles. The number of anilines is 1. The molecular weight excluding hydrogens is 1470 g/mol. The summed E-state index contributed by atoms with van der Waals surface area (Å²) < 4.78 is 0. The number of hydrogen-bond acceptors (Lipinski definition) is 21. The summed E-state index contributed by atoms with van der Waals surface area (Å²) in [5.74, 6) is -15.4. The molecule has 9 atom stereocenters. The SMILES string of the molecule is CSCCC(NC(=O)C(CC(C)C)NC(=O)C(Cc1cnc[nH]1)NC(=O)CNC(=O)C(NC(=O)C(C)NC(=O)C(Cc1c[nH]c2ccccc12)NC(=O)C(CCC(N)=O)NC(=O)c1ccc(NC(=O)CNC(=O)CCC2(N(CC(=O)O)CC(=O)O)CN(CC(=O)O)C3CCCCC3N(CC(=O)O)C2)cc1)C(C)C)C(N)=O. The summed E-state index contributed by atoms with van der Waals surface area (Å²) in [5.41, 5.74) is 11.2. The molecule has 1 aliphatic heterocycles. The van der Waals surface area contributed by atoms with Crippen LogP contribution in [0.3, 0.4) is 0 Å². The summed E-state index contributed by atoms with van der Waals surface area (Å²) >= 11 is 1.45. The number of imidazole rings is 1. The third-order valence-corrected chi connectivity index (χ3v) is 19.7. The number of aliphatic carboxylic acids is 4. The Balaban J connectivity index is 1.10. The third-order valence-electron chi connectivity index (χ3n) is 19.0. The third kappa shape index (κ3) is 28.1. The van der Waals surface area contributed by atoms with E-state index >= 15 is 0 Å². The Hall–Kier alpha value is -11.1. The molecule has 0 bridgehead atoms. The maximum Gasteiger partial charge on any atom is 0.317 e. The van der Waals surface area contributed by atoms with Crippen molar-refractivity contribution >= 4 is 123 Å². The standard InChI is InChI=1S/C72H102N18O20S/c1-39(2)25-50(69(108)83-48(64(74)103)22-24-111-6)85-70(109)52(27-45-29-75-38-79-45)82-58(94)31-78-71(110)63(40(3)4)87-65(104)41(5)80-68(107)51(26-43-28-76-47-12-8-7-11-46(43)47)86-67(106)49(19-20-55(73)91)84-66(105)42-15-17-44(18-16-42)81-57(93)30-77-56(92)21-23-72(90(34-61(99)100)35-62(101)102)36-88(32-59(95)96)53-13-9-10-14-54(53)89(37-72)33-60(97)98/h7-8,11-12,15-18,28-29,38-41,48-54,63,76H,9-10,13-14,19-27,30-37H2,1-6H3,(H2,73,91)(H2,74,103)(H,75,79)(H,77,92)(H,78,110)(H,80,107)(H,81,93)(H,82,94)(H,83,108)(H,84,105)(H,85,109)(H,86,106)(H,87,104)(H,95,96)(H,97,98)(H,99,100)(H,101,102). The molecular formula is C72H102N18O20S. The summed E-state index contributed by atoms with van der Waals surface area (Å²) in [7, 11) is 0. The van der Waals surface area contributed by atoms with Gasteiger partial charge in [-0.3, -0.25) is 91.4 Å². The first-order valence-corrected chi connectivity index (χ1v) is 37.7. The van der Waals surface area contributed by atoms with Crippen LogP contribution in [0.1, 0.15) is 120 Å². The monoisotopic (exact) mass is 1570 g/mol. The normalized spacial score (nSPS) is 17.7. The van der Waals surface area contributed by atoms with E-state index in [2.05, 4.69) is 68.1 Å². The lowest BCUT2D eigenvalue weighted by Gasteiger charge is -2.45. The van der Waals surface area contributed by atoms with Crippen molar-refractivity contribution in [1.82, 2.24) is 77.5 Å². The largest absolute Gasteiger partial charge is 0.480 e. The molecule has 4 aromatic rings. The molecule has 1 aliphatic carbocycles. The van der Waals surface area contributed by atoms with Gasteiger partial charge < -0.3 is 95.0 Å². The molecule has 12 amide bonds. The number of amides is 12. The second-order valence-corrected chi connectivity index (χ2v) is 29.4. The number of para-hydroxylation sites is 1. The van der Waals surface area contributed by atoms with E-state index in [-0.39, 0.29) is 68.8 Å². The van der Waals surface area contributed by atoms with Crippen molar-refractivity contribution in [2.24, 2.45) is 23.3 Å². The predicted molar refractivity (Wildman–Crippen MR) is 402 cm³/mol. The van der Waals surface area contributed by atoms with E-state index < -0.39 is 213 Å². The fourth-order valence-electron chi connectivity index (χ4n) is 13.5. The van der Waals surface area contributed by atoms with Crippen molar-refractivity contribution in [2.45, 2.75) is 172 Å². The molecule has 39 heteroatoms. The highest BCUT2D eigenvalue weighted by molar-refractivity contribution is 7.98. The van der Waals surface area contributed by atoms with E-state index in [9.17, 15) is 97.1 Å². The molecule has 6 rings (SSSR count). The van der Waals surface area contributed by atoms with Gasteiger partial charge in [-0.1, -0.05) is 58.7 Å². The second kappa shape index (κ2) is 42.8. The quantitative estimate of drug-likeness (QED) is 0.0225. The van der Waals surface area contributed by atoms with Crippen molar-refractivity contribution in [2.75, 3.05) is 69.7 Å². The number of fused-ring (bicyclic) bond motifs is 2. The van der Waals surface area contributed by atoms with Gasteiger partial charge in [-0.25, -0.2) is 4.98 Å². The van der Waals surface area contributed by atoms with Crippen LogP contribution in [0.5, 0.6) is 0 Å². The van der Waals surface area contributed by atoms with Gasteiger partial charge in [-0.15, -0.1) is 0 Å². The van der Waals surface area contributed by atoms with Crippen molar-refractivity contribution in [3.63, 3.8) is 0 Å². The fourth-order valence-corrected chi connectivity index (χ4v) is 14.0. The number of rotatable bonds is 45. The van der Waals surface area contributed by atoms with Crippen LogP contribution >= 0.6 is 11.8 Å². The Morgan fingerprint density at radius 1 is 0.604 bits per heavy atom. The van der Waals surface area contributed by atoms with Gasteiger partial charge in [0.15, 0.2) is 0 Å². The molecule has 38 nitrogen and oxygen atoms in total. The molecule has 2 aliphatic rings. The van der Waals surface area contributed by atoms with Gasteiger partial charge in [-0.2, -0.15) is 11.8 Å². The number of nitrogens with two attached hydrogens (primary N) is 2. The van der Waals surface area contributed by atoms with Crippen LogP contribution < -0.4 is 64.6 Å². The summed E-state index contributed by atoms with van der Waals surface area (Å²) in [6.07, 6.45) is 7.05. The van der Waals surface area contributed by atoms with Gasteiger partial charge in [-0.05, 0) is 105 Å². The van der Waals surface area contributed by atoms with Gasteiger partial charge in [0.05, 0.1) is 45.6 Å². The summed E-state index contributed by atoms with van der Waals surface area (Å²) in [5, 5.41) is 66.5. The minimum absolute atomic E-state index is 0.0668. The number of H-pyrrole nitrogens is 2. The van der Waals surface area contributed by atoms with Gasteiger partial charge in [0.1, 0.15) is 42.3 Å². The molecule has 0 radical (unpaired) electrons. The van der Waals surface area contributed by atoms with E-state index in [1.54, 1.807) is 54.1 Å². The number of hydrogen-bond donors (Lipinski definition) is 18. The minimum atomic E-state index is -1.61. The van der Waals surface area contributed by atoms with Crippen molar-refractivity contribution < 1.29 is 97.1 Å². The Kier molecular flexibility index (Phi) is 34.2. The average Bonchev–Trinajstić information content (AvgIpc) is 1.64. The Morgan fingerprint density at radius 3 is 1.75 bits per heavy atom. The average molecular weight is 1570 g/mol. The molecule has 606 valence electrons. The number of primary amides is 2. The van der Waals surface area contributed by atoms with Crippen LogP contribution in [0, 0.1) is 11.8 Å². The number of carboxylic acid groups (broad SMARTS) is 4. The van der Waals surface area contributed by atoms with E-state index in [1.165, 1.54) is 55.5 Å². The van der Waals surface area contributed by atoms with Gasteiger partial charge >= 0.3 is 23.9 Å². The minimum Gasteiger partial charge on any atom is -0.480 e. The van der Waals surface area contributed by atoms with E-state index in [1.807, 2.05) is 20.1 Å². The summed E-state index contributed by atoms with van der Waals surface area (Å²) in [6.45, 7) is 3.53. The van der Waals surface area contributed by atoms with Gasteiger partial charge in [0.25, 0.3) is 5.91 Å². The zero-order valence-electron chi connectivity index (χ0n) is 62.7. The number of thioether (sulfide) groups is 1. The Morgan fingerprint density at radius 2 is 1.18 bits per heavy atom. The number of aromatic amines is 2. The number of carbonyl (C=O) groups excluding carboxylic acids is 12. The molecule has 2 aromatic heterocycles. The lowest BCUT2D eigenvalue weighted by Crippen LogP contribution is -2.62. The molecule has 20 N–H and O–H groups in total. The van der Waals surface area contributed by atoms with Gasteiger partial charge in [0.2, 0.25) is 65.0 Å². The summed E-state index contributed by atoms with van der Waals surface area (Å²) in [6, 6.07) is 1.99. The van der Waals surface area contributed by atoms with Crippen LogP contribution in [0.2, 0.25) is 0 Å². The lowest BCUT2D eigenvalue weighted by molar-refractivity contribution is -0.148. The van der Waals surface area contributed by atoms with Crippen LogP contribution in [0.25, 0.3) is 10.9 Å². The molecule has 9 unspecified atom stereocenters. The van der Waals surface area contributed by atoms with Crippen molar-refractivity contribution in [1.29, 1.82) is 0 Å². The number of benzene rings is 2. The predicted octanol–water partition coefficient (Wildman–Crippen LogP) is -2.13. The van der Waals surface area contributed by atoms with Crippen LogP contribution in [-0.4, -0.2) is 269 Å². The maximum absolute atomic E-state index is 14.5. The van der Waals surface area contributed by atoms with Crippen LogP contribution in [0.4, 0.5) is 5.69 Å². The van der Waals surface area contributed by atoms with Gasteiger partial charge in [0, 0.05) is 96.6 Å². The first-order chi connectivity index (χ1) is 52.5. The number of aromatic nitrogens is 3. The Bertz CT molecular complexity index is 3920. The zero-order valence-corrected chi connectivity index (χ0v) is 63.5. The molecule has 2 fully saturated rings. The molecule has 0 spiro atoms. The number of carboxylic acids is 4. The highest BCUT2D eigenvalue weighted by Crippen LogP contribution is 2.37. The maximum atomic E-state index is 14.5. The van der Waals surface area contributed by atoms with E-state index in [4.69, 9.17) is 11.5 Å².